The van der Waals surface area contributed by atoms with Crippen LogP contribution in [0.25, 0.3) is 10.9 Å². The molecule has 0 aliphatic rings. The maximum absolute atomic E-state index is 13.0. The summed E-state index contributed by atoms with van der Waals surface area (Å²) in [5.41, 5.74) is 1.01. The van der Waals surface area contributed by atoms with Gasteiger partial charge in [0.1, 0.15) is 5.82 Å². The second-order valence-electron chi connectivity index (χ2n) is 3.95. The van der Waals surface area contributed by atoms with Crippen molar-refractivity contribution in [1.82, 2.24) is 15.2 Å². The molecule has 1 aromatic carbocycles. The van der Waals surface area contributed by atoms with Crippen molar-refractivity contribution >= 4 is 22.6 Å². The molecule has 3 rings (SSSR count). The average molecular weight is 256 g/mol. The molecule has 0 fully saturated rings. The SMILES string of the molecule is O=C(Nc1n[nH]c2cc(F)ccc12)c1ccncc1. The summed E-state index contributed by atoms with van der Waals surface area (Å²) in [4.78, 5) is 15.8. The Morgan fingerprint density at radius 1 is 1.21 bits per heavy atom. The van der Waals surface area contributed by atoms with Gasteiger partial charge < -0.3 is 5.32 Å². The predicted octanol–water partition coefficient (Wildman–Crippen LogP) is 2.35. The number of halogens is 1. The standard InChI is InChI=1S/C13H9FN4O/c14-9-1-2-10-11(7-9)17-18-12(10)16-13(19)8-3-5-15-6-4-8/h1-7H,(H2,16,17,18,19). The highest BCUT2D eigenvalue weighted by molar-refractivity contribution is 6.07. The Labute approximate surface area is 107 Å². The summed E-state index contributed by atoms with van der Waals surface area (Å²) in [6, 6.07) is 7.41. The molecule has 0 atom stereocenters. The van der Waals surface area contributed by atoms with E-state index in [0.717, 1.165) is 0 Å². The van der Waals surface area contributed by atoms with Crippen molar-refractivity contribution in [2.75, 3.05) is 5.32 Å². The molecule has 5 nitrogen and oxygen atoms in total. The molecule has 2 aromatic heterocycles. The first-order valence-electron chi connectivity index (χ1n) is 5.59. The van der Waals surface area contributed by atoms with Crippen LogP contribution in [-0.4, -0.2) is 21.1 Å². The molecule has 0 bridgehead atoms. The molecular formula is C13H9FN4O. The van der Waals surface area contributed by atoms with Crippen LogP contribution in [-0.2, 0) is 0 Å². The number of H-pyrrole nitrogens is 1. The summed E-state index contributed by atoms with van der Waals surface area (Å²) in [7, 11) is 0. The largest absolute Gasteiger partial charge is 0.305 e. The fourth-order valence-corrected chi connectivity index (χ4v) is 1.77. The summed E-state index contributed by atoms with van der Waals surface area (Å²) in [6.45, 7) is 0. The molecule has 0 radical (unpaired) electrons. The number of amides is 1. The lowest BCUT2D eigenvalue weighted by molar-refractivity contribution is 0.102. The van der Waals surface area contributed by atoms with Crippen molar-refractivity contribution in [2.24, 2.45) is 0 Å². The van der Waals surface area contributed by atoms with Crippen LogP contribution in [0.4, 0.5) is 10.2 Å². The molecular weight excluding hydrogens is 247 g/mol. The Morgan fingerprint density at radius 3 is 2.79 bits per heavy atom. The number of fused-ring (bicyclic) bond motifs is 1. The van der Waals surface area contributed by atoms with Gasteiger partial charge in [-0.2, -0.15) is 5.10 Å². The van der Waals surface area contributed by atoms with Crippen LogP contribution < -0.4 is 5.32 Å². The molecule has 19 heavy (non-hydrogen) atoms. The Kier molecular flexibility index (Phi) is 2.68. The first kappa shape index (κ1) is 11.3. The van der Waals surface area contributed by atoms with Crippen molar-refractivity contribution in [1.29, 1.82) is 0 Å². The zero-order valence-corrected chi connectivity index (χ0v) is 9.72. The number of aromatic amines is 1. The fourth-order valence-electron chi connectivity index (χ4n) is 1.77. The zero-order chi connectivity index (χ0) is 13.2. The summed E-state index contributed by atoms with van der Waals surface area (Å²) < 4.78 is 13.0. The molecule has 2 heterocycles. The van der Waals surface area contributed by atoms with Gasteiger partial charge in [-0.15, -0.1) is 0 Å². The summed E-state index contributed by atoms with van der Waals surface area (Å²) in [5.74, 6) is -0.278. The molecule has 0 unspecified atom stereocenters. The highest BCUT2D eigenvalue weighted by Crippen LogP contribution is 2.21. The average Bonchev–Trinajstić information content (AvgIpc) is 2.82. The Balaban J connectivity index is 1.92. The van der Waals surface area contributed by atoms with Gasteiger partial charge in [0.25, 0.3) is 5.91 Å². The van der Waals surface area contributed by atoms with Crippen LogP contribution in [0.5, 0.6) is 0 Å². The van der Waals surface area contributed by atoms with Gasteiger partial charge in [0, 0.05) is 23.3 Å². The zero-order valence-electron chi connectivity index (χ0n) is 9.72. The number of hydrogen-bond acceptors (Lipinski definition) is 3. The van der Waals surface area contributed by atoms with Crippen molar-refractivity contribution < 1.29 is 9.18 Å². The second kappa shape index (κ2) is 4.49. The molecule has 0 saturated carbocycles. The molecule has 0 aliphatic heterocycles. The van der Waals surface area contributed by atoms with Crippen LogP contribution in [0.1, 0.15) is 10.4 Å². The van der Waals surface area contributed by atoms with Crippen molar-refractivity contribution in [3.05, 3.63) is 54.1 Å². The number of nitrogens with zero attached hydrogens (tertiary/aromatic N) is 2. The van der Waals surface area contributed by atoms with Crippen LogP contribution >= 0.6 is 0 Å². The molecule has 94 valence electrons. The maximum atomic E-state index is 13.0. The number of nitrogens with one attached hydrogen (secondary N) is 2. The molecule has 6 heteroatoms. The lowest BCUT2D eigenvalue weighted by atomic mass is 10.2. The Hall–Kier alpha value is -2.76. The summed E-state index contributed by atoms with van der Waals surface area (Å²) in [5, 5.41) is 9.96. The van der Waals surface area contributed by atoms with E-state index in [2.05, 4.69) is 20.5 Å². The number of carbonyl (C=O) groups excluding carboxylic acids is 1. The monoisotopic (exact) mass is 256 g/mol. The number of anilines is 1. The van der Waals surface area contributed by atoms with Gasteiger partial charge in [0.05, 0.1) is 5.52 Å². The maximum Gasteiger partial charge on any atom is 0.256 e. The predicted molar refractivity (Wildman–Crippen MR) is 68.2 cm³/mol. The van der Waals surface area contributed by atoms with E-state index in [4.69, 9.17) is 0 Å². The van der Waals surface area contributed by atoms with E-state index in [9.17, 15) is 9.18 Å². The van der Waals surface area contributed by atoms with Gasteiger partial charge in [-0.05, 0) is 30.3 Å². The van der Waals surface area contributed by atoms with Crippen LogP contribution in [0.3, 0.4) is 0 Å². The molecule has 2 N–H and O–H groups in total. The smallest absolute Gasteiger partial charge is 0.256 e. The molecule has 0 spiro atoms. The van der Waals surface area contributed by atoms with Crippen molar-refractivity contribution in [3.63, 3.8) is 0 Å². The minimum atomic E-state index is -0.358. The lowest BCUT2D eigenvalue weighted by Crippen LogP contribution is -2.12. The molecule has 3 aromatic rings. The number of aromatic nitrogens is 3. The van der Waals surface area contributed by atoms with E-state index in [1.165, 1.54) is 24.5 Å². The van der Waals surface area contributed by atoms with E-state index in [-0.39, 0.29) is 11.7 Å². The van der Waals surface area contributed by atoms with Crippen molar-refractivity contribution in [3.8, 4) is 0 Å². The summed E-state index contributed by atoms with van der Waals surface area (Å²) >= 11 is 0. The van der Waals surface area contributed by atoms with Gasteiger partial charge in [-0.25, -0.2) is 4.39 Å². The number of rotatable bonds is 2. The Morgan fingerprint density at radius 2 is 2.00 bits per heavy atom. The quantitative estimate of drug-likeness (QED) is 0.739. The van der Waals surface area contributed by atoms with Gasteiger partial charge >= 0.3 is 0 Å². The highest BCUT2D eigenvalue weighted by Gasteiger charge is 2.11. The first-order valence-corrected chi connectivity index (χ1v) is 5.59. The van der Waals surface area contributed by atoms with E-state index in [1.54, 1.807) is 18.2 Å². The van der Waals surface area contributed by atoms with Crippen LogP contribution in [0.2, 0.25) is 0 Å². The lowest BCUT2D eigenvalue weighted by Gasteiger charge is -2.01. The third-order valence-electron chi connectivity index (χ3n) is 2.70. The van der Waals surface area contributed by atoms with Crippen LogP contribution in [0.15, 0.2) is 42.7 Å². The molecule has 0 saturated heterocycles. The topological polar surface area (TPSA) is 70.7 Å². The third-order valence-corrected chi connectivity index (χ3v) is 2.70. The minimum Gasteiger partial charge on any atom is -0.305 e. The number of hydrogen-bond donors (Lipinski definition) is 2. The Bertz CT molecular complexity index is 739. The van der Waals surface area contributed by atoms with E-state index in [0.29, 0.717) is 22.3 Å². The van der Waals surface area contributed by atoms with E-state index >= 15 is 0 Å². The van der Waals surface area contributed by atoms with E-state index < -0.39 is 0 Å². The number of pyridine rings is 1. The fraction of sp³-hybridized carbons (Fsp3) is 0. The summed E-state index contributed by atoms with van der Waals surface area (Å²) in [6.07, 6.45) is 3.07. The number of benzene rings is 1. The molecule has 1 amide bonds. The van der Waals surface area contributed by atoms with Crippen LogP contribution in [0, 0.1) is 5.82 Å². The normalized spacial score (nSPS) is 10.6. The van der Waals surface area contributed by atoms with Gasteiger partial charge in [0.15, 0.2) is 5.82 Å². The highest BCUT2D eigenvalue weighted by atomic mass is 19.1. The van der Waals surface area contributed by atoms with Gasteiger partial charge in [0.2, 0.25) is 0 Å². The van der Waals surface area contributed by atoms with Gasteiger partial charge in [-0.3, -0.25) is 14.9 Å². The van der Waals surface area contributed by atoms with Crippen molar-refractivity contribution in [2.45, 2.75) is 0 Å². The number of carbonyl (C=O) groups is 1. The third kappa shape index (κ3) is 2.15. The second-order valence-corrected chi connectivity index (χ2v) is 3.95. The van der Waals surface area contributed by atoms with E-state index in [1.807, 2.05) is 0 Å². The molecule has 0 aliphatic carbocycles. The first-order chi connectivity index (χ1) is 9.24. The van der Waals surface area contributed by atoms with Gasteiger partial charge in [-0.1, -0.05) is 0 Å². The minimum absolute atomic E-state index is 0.292.